The maximum atomic E-state index is 11.3. The third-order valence-electron chi connectivity index (χ3n) is 3.49. The molecule has 1 aliphatic heterocycles. The lowest BCUT2D eigenvalue weighted by Gasteiger charge is -2.32. The Kier molecular flexibility index (Phi) is 4.61. The first-order chi connectivity index (χ1) is 9.54. The van der Waals surface area contributed by atoms with Crippen LogP contribution in [0.2, 0.25) is 0 Å². The fourth-order valence-corrected chi connectivity index (χ4v) is 2.46. The minimum atomic E-state index is -0.0723. The van der Waals surface area contributed by atoms with Gasteiger partial charge >= 0.3 is 0 Å². The number of nitrogens with one attached hydrogen (secondary N) is 2. The van der Waals surface area contributed by atoms with Gasteiger partial charge in [0.1, 0.15) is 0 Å². The number of carbonyl (C=O) groups excluding carboxylic acids is 2. The molecule has 1 aromatic rings. The van der Waals surface area contributed by atoms with E-state index in [1.165, 1.54) is 6.92 Å². The van der Waals surface area contributed by atoms with E-state index in [2.05, 4.69) is 10.6 Å². The molecule has 0 aromatic heterocycles. The molecule has 5 heteroatoms. The lowest BCUT2D eigenvalue weighted by atomic mass is 10.0. The minimum absolute atomic E-state index is 0.0723. The van der Waals surface area contributed by atoms with Gasteiger partial charge in [-0.25, -0.2) is 0 Å². The van der Waals surface area contributed by atoms with Crippen molar-refractivity contribution in [2.45, 2.75) is 32.7 Å². The lowest BCUT2D eigenvalue weighted by Crippen LogP contribution is -2.41. The number of carbonyl (C=O) groups is 2. The van der Waals surface area contributed by atoms with Gasteiger partial charge in [0, 0.05) is 44.4 Å². The number of likely N-dealkylation sites (tertiary alicyclic amines) is 1. The summed E-state index contributed by atoms with van der Waals surface area (Å²) >= 11 is 0. The van der Waals surface area contributed by atoms with Crippen molar-refractivity contribution in [1.82, 2.24) is 4.90 Å². The van der Waals surface area contributed by atoms with Gasteiger partial charge < -0.3 is 15.5 Å². The van der Waals surface area contributed by atoms with Gasteiger partial charge in [-0.05, 0) is 31.0 Å². The Bertz CT molecular complexity index is 494. The van der Waals surface area contributed by atoms with Crippen LogP contribution in [0.3, 0.4) is 0 Å². The first kappa shape index (κ1) is 14.4. The van der Waals surface area contributed by atoms with E-state index in [0.717, 1.165) is 37.3 Å². The van der Waals surface area contributed by atoms with Crippen LogP contribution >= 0.6 is 0 Å². The monoisotopic (exact) mass is 275 g/mol. The smallest absolute Gasteiger partial charge is 0.221 e. The van der Waals surface area contributed by atoms with E-state index in [1.54, 1.807) is 6.92 Å². The maximum absolute atomic E-state index is 11.3. The highest BCUT2D eigenvalue weighted by molar-refractivity contribution is 5.89. The molecule has 1 fully saturated rings. The van der Waals surface area contributed by atoms with Gasteiger partial charge in [-0.3, -0.25) is 9.59 Å². The Hall–Kier alpha value is -2.04. The maximum Gasteiger partial charge on any atom is 0.221 e. The summed E-state index contributed by atoms with van der Waals surface area (Å²) in [5.41, 5.74) is 1.79. The third-order valence-corrected chi connectivity index (χ3v) is 3.49. The van der Waals surface area contributed by atoms with E-state index >= 15 is 0 Å². The van der Waals surface area contributed by atoms with E-state index in [1.807, 2.05) is 29.2 Å². The van der Waals surface area contributed by atoms with Crippen LogP contribution in [0.15, 0.2) is 24.3 Å². The average Bonchev–Trinajstić information content (AvgIpc) is 2.39. The van der Waals surface area contributed by atoms with Crippen LogP contribution in [-0.2, 0) is 9.59 Å². The van der Waals surface area contributed by atoms with Crippen molar-refractivity contribution < 1.29 is 9.59 Å². The highest BCUT2D eigenvalue weighted by Crippen LogP contribution is 2.19. The zero-order chi connectivity index (χ0) is 14.5. The van der Waals surface area contributed by atoms with E-state index in [9.17, 15) is 9.59 Å². The molecular formula is C15H21N3O2. The summed E-state index contributed by atoms with van der Waals surface area (Å²) in [6, 6.07) is 8.07. The molecule has 0 spiro atoms. The van der Waals surface area contributed by atoms with Crippen LogP contribution in [0.1, 0.15) is 26.7 Å². The largest absolute Gasteiger partial charge is 0.382 e. The molecule has 2 amide bonds. The lowest BCUT2D eigenvalue weighted by molar-refractivity contribution is -0.129. The highest BCUT2D eigenvalue weighted by atomic mass is 16.2. The van der Waals surface area contributed by atoms with Crippen LogP contribution in [0.5, 0.6) is 0 Å². The van der Waals surface area contributed by atoms with Gasteiger partial charge in [0.2, 0.25) is 11.8 Å². The van der Waals surface area contributed by atoms with Crippen LogP contribution in [-0.4, -0.2) is 35.8 Å². The Balaban J connectivity index is 1.91. The van der Waals surface area contributed by atoms with Crippen molar-refractivity contribution in [2.75, 3.05) is 23.7 Å². The summed E-state index contributed by atoms with van der Waals surface area (Å²) < 4.78 is 0. The Morgan fingerprint density at radius 2 is 1.80 bits per heavy atom. The summed E-state index contributed by atoms with van der Waals surface area (Å²) in [5.74, 6) is 0.0769. The minimum Gasteiger partial charge on any atom is -0.382 e. The van der Waals surface area contributed by atoms with Crippen LogP contribution in [0, 0.1) is 0 Å². The SMILES string of the molecule is CC(=O)Nc1cccc(NC2CCN(C(C)=O)CC2)c1. The highest BCUT2D eigenvalue weighted by Gasteiger charge is 2.20. The summed E-state index contributed by atoms with van der Waals surface area (Å²) in [4.78, 5) is 24.2. The number of hydrogen-bond donors (Lipinski definition) is 2. The van der Waals surface area contributed by atoms with E-state index in [4.69, 9.17) is 0 Å². The first-order valence-electron chi connectivity index (χ1n) is 6.94. The van der Waals surface area contributed by atoms with E-state index < -0.39 is 0 Å². The number of rotatable bonds is 3. The summed E-state index contributed by atoms with van der Waals surface area (Å²) in [5, 5.41) is 6.24. The third kappa shape index (κ3) is 3.98. The summed E-state index contributed by atoms with van der Waals surface area (Å²) in [6.45, 7) is 4.72. The van der Waals surface area contributed by atoms with Gasteiger partial charge in [-0.2, -0.15) is 0 Å². The normalized spacial score (nSPS) is 15.8. The summed E-state index contributed by atoms with van der Waals surface area (Å²) in [7, 11) is 0. The molecule has 0 atom stereocenters. The van der Waals surface area contributed by atoms with Crippen LogP contribution in [0.25, 0.3) is 0 Å². The Morgan fingerprint density at radius 3 is 2.40 bits per heavy atom. The topological polar surface area (TPSA) is 61.4 Å². The quantitative estimate of drug-likeness (QED) is 0.887. The molecular weight excluding hydrogens is 254 g/mol. The molecule has 0 aliphatic carbocycles. The second-order valence-electron chi connectivity index (χ2n) is 5.19. The molecule has 0 unspecified atom stereocenters. The van der Waals surface area contributed by atoms with Crippen molar-refractivity contribution in [1.29, 1.82) is 0 Å². The fourth-order valence-electron chi connectivity index (χ4n) is 2.46. The molecule has 1 aromatic carbocycles. The molecule has 5 nitrogen and oxygen atoms in total. The fraction of sp³-hybridized carbons (Fsp3) is 0.467. The average molecular weight is 275 g/mol. The van der Waals surface area contributed by atoms with Gasteiger partial charge in [-0.15, -0.1) is 0 Å². The number of amides is 2. The van der Waals surface area contributed by atoms with Crippen molar-refractivity contribution in [3.63, 3.8) is 0 Å². The zero-order valence-corrected chi connectivity index (χ0v) is 12.0. The predicted molar refractivity (Wildman–Crippen MR) is 79.6 cm³/mol. The molecule has 0 bridgehead atoms. The Morgan fingerprint density at radius 1 is 1.15 bits per heavy atom. The molecule has 0 saturated carbocycles. The molecule has 0 radical (unpaired) electrons. The number of nitrogens with zero attached hydrogens (tertiary/aromatic N) is 1. The van der Waals surface area contributed by atoms with Crippen molar-refractivity contribution in [3.8, 4) is 0 Å². The van der Waals surface area contributed by atoms with E-state index in [-0.39, 0.29) is 11.8 Å². The number of piperidine rings is 1. The molecule has 1 heterocycles. The van der Waals surface area contributed by atoms with Crippen LogP contribution in [0.4, 0.5) is 11.4 Å². The van der Waals surface area contributed by atoms with Gasteiger partial charge in [0.05, 0.1) is 0 Å². The summed E-state index contributed by atoms with van der Waals surface area (Å²) in [6.07, 6.45) is 1.90. The molecule has 2 rings (SSSR count). The van der Waals surface area contributed by atoms with E-state index in [0.29, 0.717) is 6.04 Å². The first-order valence-corrected chi connectivity index (χ1v) is 6.94. The Labute approximate surface area is 119 Å². The number of benzene rings is 1. The molecule has 1 aliphatic rings. The van der Waals surface area contributed by atoms with Gasteiger partial charge in [0.25, 0.3) is 0 Å². The standard InChI is InChI=1S/C15H21N3O2/c1-11(19)16-14-4-3-5-15(10-14)17-13-6-8-18(9-7-13)12(2)20/h3-5,10,13,17H,6-9H2,1-2H3,(H,16,19). The molecule has 2 N–H and O–H groups in total. The van der Waals surface area contributed by atoms with Gasteiger partial charge in [-0.1, -0.05) is 6.07 Å². The van der Waals surface area contributed by atoms with Crippen molar-refractivity contribution >= 4 is 23.2 Å². The zero-order valence-electron chi connectivity index (χ0n) is 12.0. The number of anilines is 2. The molecule has 1 saturated heterocycles. The van der Waals surface area contributed by atoms with Gasteiger partial charge in [0.15, 0.2) is 0 Å². The molecule has 108 valence electrons. The second kappa shape index (κ2) is 6.41. The van der Waals surface area contributed by atoms with Crippen LogP contribution < -0.4 is 10.6 Å². The predicted octanol–water partition coefficient (Wildman–Crippen LogP) is 2.07. The second-order valence-corrected chi connectivity index (χ2v) is 5.19. The van der Waals surface area contributed by atoms with Crippen molar-refractivity contribution in [2.24, 2.45) is 0 Å². The van der Waals surface area contributed by atoms with Crippen molar-refractivity contribution in [3.05, 3.63) is 24.3 Å². The number of hydrogen-bond acceptors (Lipinski definition) is 3. The molecule has 20 heavy (non-hydrogen) atoms.